The van der Waals surface area contributed by atoms with Crippen LogP contribution in [-0.2, 0) is 0 Å². The van der Waals surface area contributed by atoms with E-state index >= 15 is 0 Å². The molecule has 0 bridgehead atoms. The van der Waals surface area contributed by atoms with Gasteiger partial charge in [-0.2, -0.15) is 0 Å². The summed E-state index contributed by atoms with van der Waals surface area (Å²) in [5.74, 6) is 0.775. The molecular weight excluding hydrogens is 108 g/mol. The van der Waals surface area contributed by atoms with Crippen LogP contribution in [0.25, 0.3) is 0 Å². The Morgan fingerprint density at radius 1 is 1.67 bits per heavy atom. The molecule has 0 N–H and O–H groups in total. The summed E-state index contributed by atoms with van der Waals surface area (Å²) in [5.41, 5.74) is 0. The van der Waals surface area contributed by atoms with E-state index < -0.39 is 0 Å². The van der Waals surface area contributed by atoms with Crippen molar-refractivity contribution in [3.05, 3.63) is 24.3 Å². The molecule has 0 saturated carbocycles. The molecule has 0 nitrogen and oxygen atoms in total. The zero-order chi connectivity index (χ0) is 6.53. The van der Waals surface area contributed by atoms with Crippen LogP contribution in [0.4, 0.5) is 0 Å². The minimum atomic E-state index is 0.775. The minimum absolute atomic E-state index is 0.775. The molecule has 1 unspecified atom stereocenters. The quantitative estimate of drug-likeness (QED) is 0.505. The Balaban J connectivity index is 2.08. The maximum Gasteiger partial charge on any atom is -0.00190 e. The third-order valence-electron chi connectivity index (χ3n) is 1.63. The van der Waals surface area contributed by atoms with E-state index in [0.717, 1.165) is 5.92 Å². The largest absolute Gasteiger partial charge is 0.0879 e. The van der Waals surface area contributed by atoms with Crippen LogP contribution in [0.1, 0.15) is 26.2 Å². The molecule has 1 rings (SSSR count). The van der Waals surface area contributed by atoms with Crippen molar-refractivity contribution in [2.24, 2.45) is 5.92 Å². The molecule has 0 radical (unpaired) electrons. The predicted molar refractivity (Wildman–Crippen MR) is 41.3 cm³/mol. The lowest BCUT2D eigenvalue weighted by Gasteiger charge is -2.11. The van der Waals surface area contributed by atoms with Gasteiger partial charge in [-0.15, -0.1) is 0 Å². The van der Waals surface area contributed by atoms with Gasteiger partial charge in [-0.1, -0.05) is 37.6 Å². The lowest BCUT2D eigenvalue weighted by atomic mass is 9.95. The summed E-state index contributed by atoms with van der Waals surface area (Å²) in [7, 11) is 0. The SMILES string of the molecule is CCCC=CC1C=CC1. The van der Waals surface area contributed by atoms with Crippen LogP contribution in [0.3, 0.4) is 0 Å². The predicted octanol–water partition coefficient (Wildman–Crippen LogP) is 2.92. The van der Waals surface area contributed by atoms with E-state index in [1.165, 1.54) is 19.3 Å². The van der Waals surface area contributed by atoms with Gasteiger partial charge in [-0.25, -0.2) is 0 Å². The first-order valence-corrected chi connectivity index (χ1v) is 3.77. The van der Waals surface area contributed by atoms with Crippen molar-refractivity contribution >= 4 is 0 Å². The average Bonchev–Trinajstić information content (AvgIpc) is 1.76. The number of rotatable bonds is 3. The summed E-state index contributed by atoms with van der Waals surface area (Å²) in [6.45, 7) is 2.21. The third kappa shape index (κ3) is 2.05. The molecule has 0 fully saturated rings. The highest BCUT2D eigenvalue weighted by Crippen LogP contribution is 2.17. The van der Waals surface area contributed by atoms with Gasteiger partial charge >= 0.3 is 0 Å². The molecule has 1 aliphatic carbocycles. The first kappa shape index (κ1) is 6.60. The fraction of sp³-hybridized carbons (Fsp3) is 0.556. The molecule has 50 valence electrons. The van der Waals surface area contributed by atoms with Gasteiger partial charge in [0, 0.05) is 0 Å². The van der Waals surface area contributed by atoms with Crippen LogP contribution in [0, 0.1) is 5.92 Å². The summed E-state index contributed by atoms with van der Waals surface area (Å²) in [5, 5.41) is 0. The lowest BCUT2D eigenvalue weighted by Crippen LogP contribution is -1.97. The van der Waals surface area contributed by atoms with Crippen molar-refractivity contribution < 1.29 is 0 Å². The summed E-state index contributed by atoms with van der Waals surface area (Å²) < 4.78 is 0. The minimum Gasteiger partial charge on any atom is -0.0879 e. The fourth-order valence-electron chi connectivity index (χ4n) is 0.874. The van der Waals surface area contributed by atoms with E-state index in [1.807, 2.05) is 0 Å². The van der Waals surface area contributed by atoms with Crippen LogP contribution in [0.2, 0.25) is 0 Å². The van der Waals surface area contributed by atoms with Gasteiger partial charge in [0.25, 0.3) is 0 Å². The second kappa shape index (κ2) is 3.49. The van der Waals surface area contributed by atoms with Crippen molar-refractivity contribution in [2.45, 2.75) is 26.2 Å². The van der Waals surface area contributed by atoms with Crippen molar-refractivity contribution in [3.8, 4) is 0 Å². The normalized spacial score (nSPS) is 24.8. The van der Waals surface area contributed by atoms with Crippen molar-refractivity contribution in [1.29, 1.82) is 0 Å². The molecule has 0 amide bonds. The topological polar surface area (TPSA) is 0 Å². The van der Waals surface area contributed by atoms with Crippen molar-refractivity contribution in [3.63, 3.8) is 0 Å². The smallest absolute Gasteiger partial charge is 0.00190 e. The third-order valence-corrected chi connectivity index (χ3v) is 1.63. The molecule has 1 aliphatic rings. The fourth-order valence-corrected chi connectivity index (χ4v) is 0.874. The summed E-state index contributed by atoms with van der Waals surface area (Å²) in [6.07, 6.45) is 12.8. The van der Waals surface area contributed by atoms with E-state index in [4.69, 9.17) is 0 Å². The highest BCUT2D eigenvalue weighted by atomic mass is 14.1. The summed E-state index contributed by atoms with van der Waals surface area (Å²) >= 11 is 0. The highest BCUT2D eigenvalue weighted by Gasteiger charge is 2.03. The molecule has 0 aromatic carbocycles. The Kier molecular flexibility index (Phi) is 2.56. The summed E-state index contributed by atoms with van der Waals surface area (Å²) in [4.78, 5) is 0. The molecule has 0 aromatic rings. The van der Waals surface area contributed by atoms with E-state index in [1.54, 1.807) is 0 Å². The molecule has 1 atom stereocenters. The maximum atomic E-state index is 2.31. The van der Waals surface area contributed by atoms with E-state index in [0.29, 0.717) is 0 Å². The number of hydrogen-bond acceptors (Lipinski definition) is 0. The Morgan fingerprint density at radius 3 is 2.89 bits per heavy atom. The van der Waals surface area contributed by atoms with Crippen molar-refractivity contribution in [1.82, 2.24) is 0 Å². The monoisotopic (exact) mass is 122 g/mol. The van der Waals surface area contributed by atoms with Gasteiger partial charge in [-0.3, -0.25) is 0 Å². The first-order valence-electron chi connectivity index (χ1n) is 3.77. The highest BCUT2D eigenvalue weighted by molar-refractivity contribution is 5.10. The Labute approximate surface area is 57.3 Å². The Bertz CT molecular complexity index is 120. The molecular formula is C9H14. The van der Waals surface area contributed by atoms with Crippen LogP contribution in [-0.4, -0.2) is 0 Å². The Morgan fingerprint density at radius 2 is 2.44 bits per heavy atom. The average molecular weight is 122 g/mol. The summed E-state index contributed by atoms with van der Waals surface area (Å²) in [6, 6.07) is 0. The molecule has 0 spiro atoms. The molecule has 9 heavy (non-hydrogen) atoms. The second-order valence-corrected chi connectivity index (χ2v) is 2.54. The molecule has 0 heterocycles. The molecule has 0 saturated heterocycles. The van der Waals surface area contributed by atoms with Gasteiger partial charge in [0.2, 0.25) is 0 Å². The van der Waals surface area contributed by atoms with Gasteiger partial charge in [0.05, 0.1) is 0 Å². The first-order chi connectivity index (χ1) is 4.43. The van der Waals surface area contributed by atoms with Gasteiger partial charge < -0.3 is 0 Å². The molecule has 0 heteroatoms. The number of hydrogen-bond donors (Lipinski definition) is 0. The zero-order valence-corrected chi connectivity index (χ0v) is 6.01. The van der Waals surface area contributed by atoms with E-state index in [-0.39, 0.29) is 0 Å². The van der Waals surface area contributed by atoms with Gasteiger partial charge in [-0.05, 0) is 18.8 Å². The van der Waals surface area contributed by atoms with Crippen LogP contribution in [0.15, 0.2) is 24.3 Å². The maximum absolute atomic E-state index is 2.31. The van der Waals surface area contributed by atoms with Crippen molar-refractivity contribution in [2.75, 3.05) is 0 Å². The van der Waals surface area contributed by atoms with Gasteiger partial charge in [0.15, 0.2) is 0 Å². The number of unbranched alkanes of at least 4 members (excludes halogenated alkanes) is 1. The molecule has 0 aromatic heterocycles. The Hall–Kier alpha value is -0.520. The second-order valence-electron chi connectivity index (χ2n) is 2.54. The van der Waals surface area contributed by atoms with Gasteiger partial charge in [0.1, 0.15) is 0 Å². The standard InChI is InChI=1S/C9H14/c1-2-3-4-6-9-7-5-8-9/h4-7,9H,2-3,8H2,1H3. The lowest BCUT2D eigenvalue weighted by molar-refractivity contribution is 0.753. The van der Waals surface area contributed by atoms with E-state index in [9.17, 15) is 0 Å². The molecule has 0 aliphatic heterocycles. The van der Waals surface area contributed by atoms with E-state index in [2.05, 4.69) is 31.2 Å². The van der Waals surface area contributed by atoms with Crippen LogP contribution < -0.4 is 0 Å². The number of allylic oxidation sites excluding steroid dienone is 4. The zero-order valence-electron chi connectivity index (χ0n) is 6.01. The van der Waals surface area contributed by atoms with Crippen LogP contribution >= 0.6 is 0 Å². The van der Waals surface area contributed by atoms with Crippen LogP contribution in [0.5, 0.6) is 0 Å².